The Balaban J connectivity index is 1.30. The zero-order valence-corrected chi connectivity index (χ0v) is 22.1. The highest BCUT2D eigenvalue weighted by Crippen LogP contribution is 2.26. The topological polar surface area (TPSA) is 97.8 Å². The number of nitrogens with one attached hydrogen (secondary N) is 2. The van der Waals surface area contributed by atoms with Crippen molar-refractivity contribution < 1.29 is 9.18 Å². The van der Waals surface area contributed by atoms with Crippen LogP contribution in [0.5, 0.6) is 0 Å². The first-order valence-electron chi connectivity index (χ1n) is 12.5. The van der Waals surface area contributed by atoms with E-state index in [-0.39, 0.29) is 17.4 Å². The van der Waals surface area contributed by atoms with Crippen molar-refractivity contribution in [1.82, 2.24) is 15.1 Å². The molecule has 0 radical (unpaired) electrons. The first-order chi connectivity index (χ1) is 17.7. The smallest absolute Gasteiger partial charge is 0.251 e. The second kappa shape index (κ2) is 10.2. The quantitative estimate of drug-likeness (QED) is 0.311. The van der Waals surface area contributed by atoms with Crippen molar-refractivity contribution >= 4 is 37.7 Å². The number of carbonyl (C=O) groups is 1. The van der Waals surface area contributed by atoms with Crippen LogP contribution in [0.4, 0.5) is 10.1 Å². The van der Waals surface area contributed by atoms with Gasteiger partial charge in [0.15, 0.2) is 0 Å². The Morgan fingerprint density at radius 1 is 1.27 bits per heavy atom. The van der Waals surface area contributed by atoms with Crippen LogP contribution in [0.1, 0.15) is 41.3 Å². The fraction of sp³-hybridized carbons (Fsp3) is 0.321. The van der Waals surface area contributed by atoms with E-state index < -0.39 is 5.54 Å². The summed E-state index contributed by atoms with van der Waals surface area (Å²) in [6.45, 7) is 5.52. The maximum absolute atomic E-state index is 14.4. The van der Waals surface area contributed by atoms with Gasteiger partial charge in [0.25, 0.3) is 5.91 Å². The summed E-state index contributed by atoms with van der Waals surface area (Å²) in [5.41, 5.74) is 8.85. The number of benzene rings is 2. The van der Waals surface area contributed by atoms with E-state index in [1.165, 1.54) is 6.07 Å². The second-order valence-corrected chi connectivity index (χ2v) is 10.8. The molecule has 37 heavy (non-hydrogen) atoms. The van der Waals surface area contributed by atoms with Crippen LogP contribution in [0.15, 0.2) is 65.3 Å². The molecule has 0 aliphatic carbocycles. The summed E-state index contributed by atoms with van der Waals surface area (Å²) < 4.78 is 14.4. The summed E-state index contributed by atoms with van der Waals surface area (Å²) >= 11 is 0. The summed E-state index contributed by atoms with van der Waals surface area (Å²) in [5.74, 6) is 0.478. The lowest BCUT2D eigenvalue weighted by atomic mass is 9.90. The normalized spacial score (nSPS) is 21.3. The van der Waals surface area contributed by atoms with Crippen molar-refractivity contribution in [1.29, 1.82) is 5.41 Å². The molecule has 192 valence electrons. The van der Waals surface area contributed by atoms with E-state index in [9.17, 15) is 9.18 Å². The second-order valence-electron chi connectivity index (χ2n) is 10.2. The molecular formula is C28H32FN6OP. The number of nitrogen functional groups attached to an aromatic ring is 1. The zero-order valence-electron chi connectivity index (χ0n) is 20.9. The molecule has 3 aliphatic heterocycles. The summed E-state index contributed by atoms with van der Waals surface area (Å²) in [6.07, 6.45) is 7.41. The van der Waals surface area contributed by atoms with Crippen LogP contribution in [-0.4, -0.2) is 59.0 Å². The summed E-state index contributed by atoms with van der Waals surface area (Å²) in [6, 6.07) is 10.2. The van der Waals surface area contributed by atoms with Gasteiger partial charge in [0.2, 0.25) is 0 Å². The van der Waals surface area contributed by atoms with Crippen molar-refractivity contribution in [3.05, 3.63) is 82.8 Å². The molecule has 2 atom stereocenters. The van der Waals surface area contributed by atoms with E-state index in [0.717, 1.165) is 49.2 Å². The van der Waals surface area contributed by atoms with E-state index in [1.54, 1.807) is 24.3 Å². The summed E-state index contributed by atoms with van der Waals surface area (Å²) in [5, 5.41) is 12.8. The standard InChI is InChI=1S/C28H32FN6OP/c1-28(10-3-12-34(17-28)16-21-22(29)4-2-5-24(21)37)33-27(36)18-6-8-23(30)20(14-18)26(31)19-7-9-25-32-11-13-35(25)15-19/h2,4-9,14-15,31H,3,10-13,16-17,30,37H2,1H3,(H,33,36). The molecule has 9 heteroatoms. The first kappa shape index (κ1) is 25.3. The Labute approximate surface area is 219 Å². The number of nitrogens with zero attached hydrogens (tertiary/aromatic N) is 3. The van der Waals surface area contributed by atoms with Crippen molar-refractivity contribution in [2.45, 2.75) is 31.8 Å². The fourth-order valence-electron chi connectivity index (χ4n) is 5.24. The number of amidine groups is 1. The lowest BCUT2D eigenvalue weighted by Crippen LogP contribution is -2.56. The van der Waals surface area contributed by atoms with E-state index in [2.05, 4.69) is 24.4 Å². The molecule has 1 fully saturated rings. The predicted octanol–water partition coefficient (Wildman–Crippen LogP) is 3.23. The van der Waals surface area contributed by atoms with Gasteiger partial charge in [-0.1, -0.05) is 12.1 Å². The number of nitrogens with two attached hydrogens (primary N) is 1. The highest BCUT2D eigenvalue weighted by Gasteiger charge is 2.33. The molecular weight excluding hydrogens is 486 g/mol. The van der Waals surface area contributed by atoms with Gasteiger partial charge in [-0.25, -0.2) is 4.39 Å². The first-order valence-corrected chi connectivity index (χ1v) is 13.1. The van der Waals surface area contributed by atoms with Gasteiger partial charge in [-0.15, -0.1) is 9.24 Å². The number of fused-ring (bicyclic) bond motifs is 1. The third kappa shape index (κ3) is 5.36. The molecule has 4 N–H and O–H groups in total. The molecule has 2 aromatic carbocycles. The van der Waals surface area contributed by atoms with E-state index >= 15 is 0 Å². The number of likely N-dealkylation sites (tertiary alicyclic amines) is 1. The molecule has 2 aromatic rings. The predicted molar refractivity (Wildman–Crippen MR) is 150 cm³/mol. The van der Waals surface area contributed by atoms with Crippen LogP contribution in [-0.2, 0) is 6.54 Å². The summed E-state index contributed by atoms with van der Waals surface area (Å²) in [4.78, 5) is 22.0. The third-order valence-electron chi connectivity index (χ3n) is 7.22. The van der Waals surface area contributed by atoms with Gasteiger partial charge in [-0.3, -0.25) is 20.1 Å². The fourth-order valence-corrected chi connectivity index (χ4v) is 5.58. The number of amides is 1. The number of aliphatic imine (C=N–C) groups is 1. The maximum atomic E-state index is 14.4. The summed E-state index contributed by atoms with van der Waals surface area (Å²) in [7, 11) is 2.61. The zero-order chi connectivity index (χ0) is 26.2. The number of rotatable bonds is 6. The van der Waals surface area contributed by atoms with Crippen molar-refractivity contribution in [2.24, 2.45) is 4.99 Å². The Morgan fingerprint density at radius 3 is 2.92 bits per heavy atom. The van der Waals surface area contributed by atoms with E-state index in [1.807, 2.05) is 36.2 Å². The van der Waals surface area contributed by atoms with Crippen molar-refractivity contribution in [3.63, 3.8) is 0 Å². The molecule has 5 rings (SSSR count). The molecule has 0 saturated carbocycles. The average Bonchev–Trinajstić information content (AvgIpc) is 3.34. The van der Waals surface area contributed by atoms with Crippen LogP contribution in [0, 0.1) is 11.2 Å². The lowest BCUT2D eigenvalue weighted by molar-refractivity contribution is 0.0798. The Kier molecular flexibility index (Phi) is 6.97. The lowest BCUT2D eigenvalue weighted by Gasteiger charge is -2.41. The number of hydrogen-bond acceptors (Lipinski definition) is 6. The number of carbonyl (C=O) groups excluding carboxylic acids is 1. The Bertz CT molecular complexity index is 1330. The van der Waals surface area contributed by atoms with Gasteiger partial charge in [-0.05, 0) is 68.0 Å². The van der Waals surface area contributed by atoms with Gasteiger partial charge < -0.3 is 16.0 Å². The maximum Gasteiger partial charge on any atom is 0.251 e. The van der Waals surface area contributed by atoms with Crippen LogP contribution < -0.4 is 16.4 Å². The highest BCUT2D eigenvalue weighted by molar-refractivity contribution is 7.27. The number of anilines is 1. The molecule has 1 amide bonds. The number of hydrogen-bond donors (Lipinski definition) is 3. The van der Waals surface area contributed by atoms with E-state index in [4.69, 9.17) is 11.1 Å². The Morgan fingerprint density at radius 2 is 2.11 bits per heavy atom. The van der Waals surface area contributed by atoms with Crippen LogP contribution in [0.25, 0.3) is 0 Å². The highest BCUT2D eigenvalue weighted by atomic mass is 31.0. The average molecular weight is 519 g/mol. The SMILES string of the molecule is CC1(NC(=O)c2ccc(N)c(C(=N)C3=CN4CCN=C4C=C3)c2)CCCN(Cc2c(F)cccc2P)C1. The Hall–Kier alpha value is -3.35. The van der Waals surface area contributed by atoms with Crippen molar-refractivity contribution in [3.8, 4) is 0 Å². The minimum Gasteiger partial charge on any atom is -0.398 e. The van der Waals surface area contributed by atoms with Gasteiger partial charge >= 0.3 is 0 Å². The van der Waals surface area contributed by atoms with Crippen molar-refractivity contribution in [2.75, 3.05) is 31.9 Å². The third-order valence-corrected chi connectivity index (χ3v) is 7.76. The minimum absolute atomic E-state index is 0.210. The van der Waals surface area contributed by atoms with Crippen LogP contribution in [0.3, 0.4) is 0 Å². The van der Waals surface area contributed by atoms with Gasteiger partial charge in [0.1, 0.15) is 11.7 Å². The van der Waals surface area contributed by atoms with Gasteiger partial charge in [0, 0.05) is 53.8 Å². The number of halogens is 1. The molecule has 0 aromatic heterocycles. The largest absolute Gasteiger partial charge is 0.398 e. The molecule has 1 saturated heterocycles. The molecule has 0 spiro atoms. The van der Waals surface area contributed by atoms with Crippen LogP contribution in [0.2, 0.25) is 0 Å². The molecule has 2 unspecified atom stereocenters. The van der Waals surface area contributed by atoms with Gasteiger partial charge in [-0.2, -0.15) is 0 Å². The number of allylic oxidation sites excluding steroid dienone is 2. The number of piperidine rings is 1. The molecule has 7 nitrogen and oxygen atoms in total. The molecule has 0 bridgehead atoms. The van der Waals surface area contributed by atoms with E-state index in [0.29, 0.717) is 35.5 Å². The monoisotopic (exact) mass is 518 g/mol. The molecule has 3 heterocycles. The minimum atomic E-state index is -0.461. The van der Waals surface area contributed by atoms with Gasteiger partial charge in [0.05, 0.1) is 17.8 Å². The van der Waals surface area contributed by atoms with Crippen LogP contribution >= 0.6 is 9.24 Å². The molecule has 3 aliphatic rings.